The maximum Gasteiger partial charge on any atom is 0.0518 e. The van der Waals surface area contributed by atoms with Crippen molar-refractivity contribution >= 4 is 31.9 Å². The molecule has 0 saturated carbocycles. The lowest BCUT2D eigenvalue weighted by Gasteiger charge is -2.15. The number of halogens is 2. The van der Waals surface area contributed by atoms with Gasteiger partial charge in [-0.3, -0.25) is 0 Å². The van der Waals surface area contributed by atoms with Gasteiger partial charge in [0.15, 0.2) is 0 Å². The standard InChI is InChI=1S/C14H20Br2O/c1-11(2)17-7-6-13(10-15)8-12-4-3-5-14(16)9-12/h3-5,9,11,13H,6-8,10H2,1-2H3. The summed E-state index contributed by atoms with van der Waals surface area (Å²) in [5.41, 5.74) is 1.38. The first kappa shape index (κ1) is 15.2. The Hall–Kier alpha value is 0.140. The molecule has 0 amide bonds. The molecule has 1 aromatic carbocycles. The fourth-order valence-electron chi connectivity index (χ4n) is 1.70. The van der Waals surface area contributed by atoms with Crippen molar-refractivity contribution in [2.24, 2.45) is 5.92 Å². The lowest BCUT2D eigenvalue weighted by atomic mass is 9.98. The SMILES string of the molecule is CC(C)OCCC(CBr)Cc1cccc(Br)c1. The van der Waals surface area contributed by atoms with Crippen LogP contribution in [0.4, 0.5) is 0 Å². The molecule has 17 heavy (non-hydrogen) atoms. The molecule has 0 heterocycles. The molecule has 0 aliphatic rings. The van der Waals surface area contributed by atoms with E-state index >= 15 is 0 Å². The zero-order chi connectivity index (χ0) is 12.7. The molecule has 1 atom stereocenters. The van der Waals surface area contributed by atoms with Crippen LogP contribution < -0.4 is 0 Å². The Balaban J connectivity index is 2.41. The summed E-state index contributed by atoms with van der Waals surface area (Å²) in [5, 5.41) is 1.03. The molecule has 0 bridgehead atoms. The van der Waals surface area contributed by atoms with E-state index in [9.17, 15) is 0 Å². The van der Waals surface area contributed by atoms with E-state index in [0.717, 1.165) is 29.3 Å². The van der Waals surface area contributed by atoms with Gasteiger partial charge in [-0.25, -0.2) is 0 Å². The molecule has 0 fully saturated rings. The second kappa shape index (κ2) is 8.28. The second-order valence-corrected chi connectivity index (χ2v) is 6.13. The number of alkyl halides is 1. The van der Waals surface area contributed by atoms with Crippen LogP contribution in [-0.4, -0.2) is 18.0 Å². The number of rotatable bonds is 7. The monoisotopic (exact) mass is 362 g/mol. The summed E-state index contributed by atoms with van der Waals surface area (Å²) in [5.74, 6) is 0.642. The first-order valence-electron chi connectivity index (χ1n) is 6.03. The van der Waals surface area contributed by atoms with Crippen LogP contribution in [0.25, 0.3) is 0 Å². The summed E-state index contributed by atoms with van der Waals surface area (Å²) in [7, 11) is 0. The zero-order valence-corrected chi connectivity index (χ0v) is 13.6. The Kier molecular flexibility index (Phi) is 7.40. The first-order valence-corrected chi connectivity index (χ1v) is 7.95. The van der Waals surface area contributed by atoms with E-state index in [-0.39, 0.29) is 0 Å². The van der Waals surface area contributed by atoms with Crippen molar-refractivity contribution in [3.8, 4) is 0 Å². The summed E-state index contributed by atoms with van der Waals surface area (Å²) < 4.78 is 6.76. The number of benzene rings is 1. The van der Waals surface area contributed by atoms with Gasteiger partial charge in [-0.2, -0.15) is 0 Å². The predicted molar refractivity (Wildman–Crippen MR) is 80.8 cm³/mol. The third-order valence-electron chi connectivity index (χ3n) is 2.61. The number of ether oxygens (including phenoxy) is 1. The molecule has 1 aromatic rings. The van der Waals surface area contributed by atoms with Crippen LogP contribution in [-0.2, 0) is 11.2 Å². The quantitative estimate of drug-likeness (QED) is 0.631. The van der Waals surface area contributed by atoms with Crippen molar-refractivity contribution in [2.75, 3.05) is 11.9 Å². The normalized spacial score (nSPS) is 13.0. The molecule has 1 nitrogen and oxygen atoms in total. The Morgan fingerprint density at radius 3 is 2.65 bits per heavy atom. The van der Waals surface area contributed by atoms with E-state index in [2.05, 4.69) is 70.0 Å². The second-order valence-electron chi connectivity index (χ2n) is 4.56. The molecule has 1 unspecified atom stereocenters. The van der Waals surface area contributed by atoms with E-state index in [4.69, 9.17) is 4.74 Å². The molecule has 96 valence electrons. The maximum atomic E-state index is 5.61. The fourth-order valence-corrected chi connectivity index (χ4v) is 2.70. The maximum absolute atomic E-state index is 5.61. The molecule has 0 N–H and O–H groups in total. The summed E-state index contributed by atoms with van der Waals surface area (Å²) in [6.07, 6.45) is 2.54. The molecule has 0 spiro atoms. The van der Waals surface area contributed by atoms with Gasteiger partial charge in [0.1, 0.15) is 0 Å². The third-order valence-corrected chi connectivity index (χ3v) is 4.02. The van der Waals surface area contributed by atoms with Gasteiger partial charge in [-0.05, 0) is 50.3 Å². The van der Waals surface area contributed by atoms with E-state index < -0.39 is 0 Å². The van der Waals surface area contributed by atoms with Gasteiger partial charge < -0.3 is 4.74 Å². The fraction of sp³-hybridized carbons (Fsp3) is 0.571. The van der Waals surface area contributed by atoms with Crippen molar-refractivity contribution in [2.45, 2.75) is 32.8 Å². The third kappa shape index (κ3) is 6.58. The highest BCUT2D eigenvalue weighted by atomic mass is 79.9. The van der Waals surface area contributed by atoms with Crippen molar-refractivity contribution < 1.29 is 4.74 Å². The van der Waals surface area contributed by atoms with Crippen LogP contribution >= 0.6 is 31.9 Å². The average Bonchev–Trinajstić information content (AvgIpc) is 2.27. The molecule has 0 radical (unpaired) electrons. The van der Waals surface area contributed by atoms with Crippen LogP contribution in [0.3, 0.4) is 0 Å². The van der Waals surface area contributed by atoms with E-state index in [1.54, 1.807) is 0 Å². The Labute approximate surface area is 121 Å². The van der Waals surface area contributed by atoms with Crippen LogP contribution in [0.1, 0.15) is 25.8 Å². The predicted octanol–water partition coefficient (Wildman–Crippen LogP) is 4.82. The molecular weight excluding hydrogens is 344 g/mol. The van der Waals surface area contributed by atoms with Gasteiger partial charge in [-0.15, -0.1) is 0 Å². The minimum Gasteiger partial charge on any atom is -0.379 e. The van der Waals surface area contributed by atoms with Crippen molar-refractivity contribution in [3.63, 3.8) is 0 Å². The Morgan fingerprint density at radius 2 is 2.06 bits per heavy atom. The molecule has 0 aliphatic heterocycles. The van der Waals surface area contributed by atoms with Gasteiger partial charge in [0.2, 0.25) is 0 Å². The van der Waals surface area contributed by atoms with E-state index in [1.165, 1.54) is 5.56 Å². The summed E-state index contributed by atoms with van der Waals surface area (Å²) in [4.78, 5) is 0. The van der Waals surface area contributed by atoms with Gasteiger partial charge in [0.05, 0.1) is 6.10 Å². The molecular formula is C14H20Br2O. The van der Waals surface area contributed by atoms with Gasteiger partial charge >= 0.3 is 0 Å². The van der Waals surface area contributed by atoms with Gasteiger partial charge in [-0.1, -0.05) is 44.0 Å². The summed E-state index contributed by atoms with van der Waals surface area (Å²) in [6.45, 7) is 5.01. The topological polar surface area (TPSA) is 9.23 Å². The van der Waals surface area contributed by atoms with Crippen molar-refractivity contribution in [1.29, 1.82) is 0 Å². The zero-order valence-electron chi connectivity index (χ0n) is 10.5. The molecule has 3 heteroatoms. The smallest absolute Gasteiger partial charge is 0.0518 e. The van der Waals surface area contributed by atoms with Crippen LogP contribution in [0.2, 0.25) is 0 Å². The van der Waals surface area contributed by atoms with Crippen LogP contribution in [0.5, 0.6) is 0 Å². The van der Waals surface area contributed by atoms with Crippen LogP contribution in [0, 0.1) is 5.92 Å². The molecule has 0 saturated heterocycles. The lowest BCUT2D eigenvalue weighted by Crippen LogP contribution is -2.12. The average molecular weight is 364 g/mol. The van der Waals surface area contributed by atoms with Gasteiger partial charge in [0.25, 0.3) is 0 Å². The number of hydrogen-bond acceptors (Lipinski definition) is 1. The molecule has 0 aromatic heterocycles. The van der Waals surface area contributed by atoms with Crippen molar-refractivity contribution in [3.05, 3.63) is 34.3 Å². The molecule has 1 rings (SSSR count). The Morgan fingerprint density at radius 1 is 1.29 bits per heavy atom. The van der Waals surface area contributed by atoms with Crippen LogP contribution in [0.15, 0.2) is 28.7 Å². The minimum atomic E-state index is 0.330. The number of hydrogen-bond donors (Lipinski definition) is 0. The van der Waals surface area contributed by atoms with E-state index in [0.29, 0.717) is 12.0 Å². The van der Waals surface area contributed by atoms with E-state index in [1.807, 2.05) is 0 Å². The molecule has 0 aliphatic carbocycles. The Bertz CT molecular complexity index is 326. The van der Waals surface area contributed by atoms with Crippen molar-refractivity contribution in [1.82, 2.24) is 0 Å². The highest BCUT2D eigenvalue weighted by Gasteiger charge is 2.09. The highest BCUT2D eigenvalue weighted by Crippen LogP contribution is 2.18. The summed E-state index contributed by atoms with van der Waals surface area (Å²) >= 11 is 7.10. The largest absolute Gasteiger partial charge is 0.379 e. The lowest BCUT2D eigenvalue weighted by molar-refractivity contribution is 0.0701. The first-order chi connectivity index (χ1) is 8.11. The minimum absolute atomic E-state index is 0.330. The van der Waals surface area contributed by atoms with Gasteiger partial charge in [0, 0.05) is 16.4 Å². The summed E-state index contributed by atoms with van der Waals surface area (Å²) in [6, 6.07) is 8.53. The highest BCUT2D eigenvalue weighted by molar-refractivity contribution is 9.10.